The van der Waals surface area contributed by atoms with Gasteiger partial charge in [0.1, 0.15) is 17.2 Å². The quantitative estimate of drug-likeness (QED) is 0.460. The minimum absolute atomic E-state index is 0.113. The molecule has 0 spiro atoms. The lowest BCUT2D eigenvalue weighted by molar-refractivity contribution is 0.405. The fourth-order valence-electron chi connectivity index (χ4n) is 3.36. The monoisotopic (exact) mass is 464 g/mol. The van der Waals surface area contributed by atoms with Gasteiger partial charge in [-0.1, -0.05) is 35.5 Å². The van der Waals surface area contributed by atoms with Crippen molar-refractivity contribution in [2.75, 3.05) is 11.3 Å². The van der Waals surface area contributed by atoms with Crippen molar-refractivity contribution in [3.8, 4) is 11.4 Å². The molecule has 0 saturated heterocycles. The first-order valence-electron chi connectivity index (χ1n) is 9.78. The Balaban J connectivity index is 1.61. The molecule has 166 valence electrons. The number of aromatic nitrogens is 3. The van der Waals surface area contributed by atoms with Crippen molar-refractivity contribution >= 4 is 26.9 Å². The molecule has 1 aliphatic rings. The Kier molecular flexibility index (Phi) is 5.11. The van der Waals surface area contributed by atoms with Gasteiger partial charge in [-0.15, -0.1) is 5.53 Å². The topological polar surface area (TPSA) is 113 Å². The summed E-state index contributed by atoms with van der Waals surface area (Å²) in [5, 5.41) is 5.50. The largest absolute Gasteiger partial charge is 0.332 e. The molecule has 11 heteroatoms. The molecule has 0 amide bonds. The molecule has 33 heavy (non-hydrogen) atoms. The summed E-state index contributed by atoms with van der Waals surface area (Å²) in [7, 11) is -3.40. The Morgan fingerprint density at radius 3 is 2.61 bits per heavy atom. The number of pyridine rings is 1. The average Bonchev–Trinajstić information content (AvgIpc) is 3.47. The smallest absolute Gasteiger partial charge is 0.278 e. The van der Waals surface area contributed by atoms with Gasteiger partial charge < -0.3 is 4.52 Å². The lowest BCUT2D eigenvalue weighted by atomic mass is 10.2. The van der Waals surface area contributed by atoms with Crippen LogP contribution in [0.5, 0.6) is 0 Å². The van der Waals surface area contributed by atoms with Crippen molar-refractivity contribution in [2.45, 2.75) is 4.90 Å². The number of benzene rings is 2. The number of nitrogens with zero attached hydrogens (tertiary/aromatic N) is 4. The molecule has 0 radical (unpaired) electrons. The minimum atomic E-state index is -3.40. The summed E-state index contributed by atoms with van der Waals surface area (Å²) in [6, 6.07) is 17.9. The number of hydrogen-bond donors (Lipinski definition) is 2. The molecule has 0 unspecified atom stereocenters. The van der Waals surface area contributed by atoms with Crippen LogP contribution in [0.2, 0.25) is 0 Å². The van der Waals surface area contributed by atoms with E-state index in [4.69, 9.17) is 4.52 Å². The highest BCUT2D eigenvalue weighted by atomic mass is 32.2. The molecular formula is C22H17FN6O3S. The fourth-order valence-corrected chi connectivity index (χ4v) is 4.03. The highest BCUT2D eigenvalue weighted by Gasteiger charge is 2.31. The number of hydrogen-bond acceptors (Lipinski definition) is 9. The normalized spacial score (nSPS) is 13.9. The van der Waals surface area contributed by atoms with E-state index >= 15 is 0 Å². The molecule has 0 atom stereocenters. The summed E-state index contributed by atoms with van der Waals surface area (Å²) in [4.78, 5) is 8.96. The molecule has 1 aliphatic heterocycles. The van der Waals surface area contributed by atoms with Gasteiger partial charge in [0.2, 0.25) is 5.82 Å². The summed E-state index contributed by atoms with van der Waals surface area (Å²) in [6.45, 7) is 0. The number of anilines is 1. The van der Waals surface area contributed by atoms with Crippen molar-refractivity contribution < 1.29 is 17.3 Å². The number of halogens is 1. The predicted octanol–water partition coefficient (Wildman–Crippen LogP) is 3.03. The van der Waals surface area contributed by atoms with E-state index < -0.39 is 15.7 Å². The summed E-state index contributed by atoms with van der Waals surface area (Å²) in [5.74, 6) is -0.124. The molecule has 2 N–H and O–H groups in total. The molecule has 0 aliphatic carbocycles. The van der Waals surface area contributed by atoms with E-state index in [1.807, 2.05) is 0 Å². The van der Waals surface area contributed by atoms with E-state index in [-0.39, 0.29) is 22.3 Å². The third kappa shape index (κ3) is 3.95. The zero-order valence-electron chi connectivity index (χ0n) is 17.2. The van der Waals surface area contributed by atoms with Gasteiger partial charge in [-0.05, 0) is 36.4 Å². The Morgan fingerprint density at radius 2 is 1.85 bits per heavy atom. The van der Waals surface area contributed by atoms with E-state index in [1.165, 1.54) is 23.2 Å². The molecule has 4 aromatic rings. The molecule has 0 bridgehead atoms. The first kappa shape index (κ1) is 20.8. The number of sulfone groups is 1. The summed E-state index contributed by atoms with van der Waals surface area (Å²) in [5.41, 5.74) is 8.00. The lowest BCUT2D eigenvalue weighted by Crippen LogP contribution is -2.38. The maximum Gasteiger partial charge on any atom is 0.278 e. The van der Waals surface area contributed by atoms with E-state index in [0.29, 0.717) is 22.7 Å². The van der Waals surface area contributed by atoms with Crippen LogP contribution in [0.4, 0.5) is 10.1 Å². The minimum Gasteiger partial charge on any atom is -0.332 e. The highest BCUT2D eigenvalue weighted by Crippen LogP contribution is 2.34. The van der Waals surface area contributed by atoms with Crippen LogP contribution in [0.25, 0.3) is 22.8 Å². The van der Waals surface area contributed by atoms with Crippen LogP contribution in [0.3, 0.4) is 0 Å². The Bertz CT molecular complexity index is 1470. The second-order valence-electron chi connectivity index (χ2n) is 7.19. The van der Waals surface area contributed by atoms with Gasteiger partial charge in [0.05, 0.1) is 16.3 Å². The van der Waals surface area contributed by atoms with E-state index in [0.717, 1.165) is 6.26 Å². The van der Waals surface area contributed by atoms with E-state index in [1.54, 1.807) is 54.7 Å². The van der Waals surface area contributed by atoms with E-state index in [2.05, 4.69) is 26.1 Å². The van der Waals surface area contributed by atoms with Gasteiger partial charge >= 0.3 is 0 Å². The first-order valence-corrected chi connectivity index (χ1v) is 11.7. The molecular weight excluding hydrogens is 447 g/mol. The van der Waals surface area contributed by atoms with Crippen molar-refractivity contribution in [1.82, 2.24) is 26.1 Å². The molecule has 9 nitrogen and oxygen atoms in total. The van der Waals surface area contributed by atoms with Crippen LogP contribution in [0.1, 0.15) is 11.6 Å². The van der Waals surface area contributed by atoms with Crippen LogP contribution in [-0.2, 0) is 9.84 Å². The fraction of sp³-hybridized carbons (Fsp3) is 0.0455. The second kappa shape index (κ2) is 8.11. The first-order chi connectivity index (χ1) is 15.9. The molecule has 3 heterocycles. The van der Waals surface area contributed by atoms with Gasteiger partial charge in [-0.2, -0.15) is 4.98 Å². The standard InChI is InChI=1S/C22H17FN6O3S/c1-33(30,31)15-8-6-7-14(13-15)21-25-22(32-27-21)19-20(17-10-4-5-12-24-17)29(28-26-19)18-11-3-2-9-16(18)23/h2-13,26,28H,1H3. The Hall–Kier alpha value is -4.09. The van der Waals surface area contributed by atoms with Gasteiger partial charge in [-0.3, -0.25) is 15.4 Å². The second-order valence-corrected chi connectivity index (χ2v) is 9.20. The summed E-state index contributed by atoms with van der Waals surface area (Å²) >= 11 is 0. The lowest BCUT2D eigenvalue weighted by Gasteiger charge is -2.21. The van der Waals surface area contributed by atoms with Crippen molar-refractivity contribution in [1.29, 1.82) is 0 Å². The number of para-hydroxylation sites is 1. The molecule has 0 fully saturated rings. The molecule has 0 saturated carbocycles. The molecule has 2 aromatic carbocycles. The SMILES string of the molecule is CS(=O)(=O)c1cccc(-c2noc(C3=C(c4ccccn4)N(c4ccccc4F)NN3)n2)c1. The summed E-state index contributed by atoms with van der Waals surface area (Å²) in [6.07, 6.45) is 2.75. The van der Waals surface area contributed by atoms with E-state index in [9.17, 15) is 12.8 Å². The van der Waals surface area contributed by atoms with Crippen LogP contribution in [0, 0.1) is 5.82 Å². The van der Waals surface area contributed by atoms with Crippen molar-refractivity contribution in [3.05, 3.63) is 90.3 Å². The molecule has 5 rings (SSSR count). The Labute approximate surface area is 188 Å². The van der Waals surface area contributed by atoms with Crippen LogP contribution in [0.15, 0.2) is 82.3 Å². The number of hydrazine groups is 2. The van der Waals surface area contributed by atoms with Crippen LogP contribution < -0.4 is 16.0 Å². The maximum absolute atomic E-state index is 14.6. The number of nitrogens with one attached hydrogen (secondary N) is 2. The highest BCUT2D eigenvalue weighted by molar-refractivity contribution is 7.90. The third-order valence-electron chi connectivity index (χ3n) is 4.91. The summed E-state index contributed by atoms with van der Waals surface area (Å²) < 4.78 is 43.8. The van der Waals surface area contributed by atoms with Gasteiger partial charge in [-0.25, -0.2) is 12.8 Å². The predicted molar refractivity (Wildman–Crippen MR) is 119 cm³/mol. The van der Waals surface area contributed by atoms with Crippen molar-refractivity contribution in [3.63, 3.8) is 0 Å². The van der Waals surface area contributed by atoms with Crippen molar-refractivity contribution in [2.24, 2.45) is 0 Å². The molecule has 2 aromatic heterocycles. The van der Waals surface area contributed by atoms with Crippen LogP contribution >= 0.6 is 0 Å². The average molecular weight is 464 g/mol. The maximum atomic E-state index is 14.6. The van der Waals surface area contributed by atoms with Gasteiger partial charge in [0, 0.05) is 18.0 Å². The van der Waals surface area contributed by atoms with Gasteiger partial charge in [0.15, 0.2) is 9.84 Å². The zero-order chi connectivity index (χ0) is 23.0. The zero-order valence-corrected chi connectivity index (χ0v) is 18.0. The van der Waals surface area contributed by atoms with Crippen LogP contribution in [-0.4, -0.2) is 29.8 Å². The number of rotatable bonds is 5. The Morgan fingerprint density at radius 1 is 1.03 bits per heavy atom. The van der Waals surface area contributed by atoms with Gasteiger partial charge in [0.25, 0.3) is 5.89 Å². The third-order valence-corrected chi connectivity index (χ3v) is 6.02.